The first-order valence-electron chi connectivity index (χ1n) is 8.95. The molecule has 1 aromatic carbocycles. The molecule has 0 amide bonds. The quantitative estimate of drug-likeness (QED) is 0.222. The van der Waals surface area contributed by atoms with E-state index in [4.69, 9.17) is 9.47 Å². The molecule has 0 heterocycles. The maximum absolute atomic E-state index is 13.2. The van der Waals surface area contributed by atoms with Gasteiger partial charge in [0.25, 0.3) is 12.0 Å². The van der Waals surface area contributed by atoms with Crippen LogP contribution in [0.25, 0.3) is 0 Å². The topological polar surface area (TPSA) is 61.8 Å². The van der Waals surface area contributed by atoms with Crippen molar-refractivity contribution in [2.75, 3.05) is 13.2 Å². The Bertz CT molecular complexity index is 754. The molecule has 1 atom stereocenters. The lowest BCUT2D eigenvalue weighted by atomic mass is 10.1. The molecule has 0 fully saturated rings. The Morgan fingerprint density at radius 2 is 1.70 bits per heavy atom. The molecule has 1 unspecified atom stereocenters. The fourth-order valence-corrected chi connectivity index (χ4v) is 2.25. The highest BCUT2D eigenvalue weighted by atomic mass is 19.4. The number of halogens is 5. The van der Waals surface area contributed by atoms with Crippen LogP contribution in [0, 0.1) is 6.92 Å². The van der Waals surface area contributed by atoms with Crippen LogP contribution in [0.5, 0.6) is 5.75 Å². The Balaban J connectivity index is 2.61. The monoisotopic (exact) mass is 438 g/mol. The zero-order valence-electron chi connectivity index (χ0n) is 16.8. The van der Waals surface area contributed by atoms with E-state index in [2.05, 4.69) is 11.3 Å². The van der Waals surface area contributed by atoms with Crippen molar-refractivity contribution >= 4 is 11.9 Å². The van der Waals surface area contributed by atoms with Crippen LogP contribution < -0.4 is 4.74 Å². The van der Waals surface area contributed by atoms with Crippen LogP contribution in [0.15, 0.2) is 30.4 Å². The van der Waals surface area contributed by atoms with Crippen molar-refractivity contribution in [1.82, 2.24) is 0 Å². The van der Waals surface area contributed by atoms with Crippen molar-refractivity contribution in [3.05, 3.63) is 41.5 Å². The number of carbonyl (C=O) groups is 2. The average molecular weight is 438 g/mol. The minimum absolute atomic E-state index is 0.0279. The van der Waals surface area contributed by atoms with Crippen molar-refractivity contribution in [2.45, 2.75) is 51.8 Å². The van der Waals surface area contributed by atoms with Gasteiger partial charge in [-0.1, -0.05) is 6.58 Å². The molecular formula is C20H23F5O5. The number of alkyl halides is 5. The molecule has 1 rings (SSSR count). The minimum Gasteiger partial charge on any atom is -0.493 e. The Hall–Kier alpha value is -2.65. The lowest BCUT2D eigenvalue weighted by Gasteiger charge is -2.25. The van der Waals surface area contributed by atoms with E-state index in [0.717, 1.165) is 6.07 Å². The summed E-state index contributed by atoms with van der Waals surface area (Å²) < 4.78 is 79.0. The van der Waals surface area contributed by atoms with Gasteiger partial charge in [-0.15, -0.1) is 0 Å². The molecule has 0 saturated carbocycles. The fourth-order valence-electron chi connectivity index (χ4n) is 2.25. The van der Waals surface area contributed by atoms with Gasteiger partial charge < -0.3 is 14.2 Å². The number of aryl methyl sites for hydroxylation is 1. The fraction of sp³-hybridized carbons (Fsp3) is 0.500. The number of benzene rings is 1. The summed E-state index contributed by atoms with van der Waals surface area (Å²) in [6.07, 6.45) is -7.88. The van der Waals surface area contributed by atoms with Crippen LogP contribution >= 0.6 is 0 Å². The Kier molecular flexibility index (Phi) is 8.80. The van der Waals surface area contributed by atoms with E-state index in [1.807, 2.05) is 0 Å². The van der Waals surface area contributed by atoms with Crippen molar-refractivity contribution in [3.8, 4) is 5.75 Å². The molecule has 0 saturated heterocycles. The highest BCUT2D eigenvalue weighted by Gasteiger charge is 2.56. The first kappa shape index (κ1) is 25.4. The number of carbonyl (C=O) groups excluding carboxylic acids is 2. The van der Waals surface area contributed by atoms with Crippen LogP contribution in [0.1, 0.15) is 42.6 Å². The van der Waals surface area contributed by atoms with E-state index in [1.54, 1.807) is 0 Å². The maximum atomic E-state index is 13.2. The highest BCUT2D eigenvalue weighted by Crippen LogP contribution is 2.35. The highest BCUT2D eigenvalue weighted by molar-refractivity contribution is 5.90. The summed E-state index contributed by atoms with van der Waals surface area (Å²) in [6.45, 7) is 7.01. The molecular weight excluding hydrogens is 415 g/mol. The van der Waals surface area contributed by atoms with Gasteiger partial charge in [-0.3, -0.25) is 0 Å². The lowest BCUT2D eigenvalue weighted by molar-refractivity contribution is -0.263. The normalized spacial score (nSPS) is 12.8. The van der Waals surface area contributed by atoms with Crippen LogP contribution in [0.4, 0.5) is 22.0 Å². The Morgan fingerprint density at radius 3 is 2.20 bits per heavy atom. The molecule has 0 bridgehead atoms. The number of rotatable bonds is 10. The molecule has 168 valence electrons. The Labute approximate surface area is 170 Å². The van der Waals surface area contributed by atoms with E-state index in [1.165, 1.54) is 26.0 Å². The molecule has 10 heteroatoms. The van der Waals surface area contributed by atoms with Gasteiger partial charge in [0, 0.05) is 12.5 Å². The molecule has 30 heavy (non-hydrogen) atoms. The van der Waals surface area contributed by atoms with Gasteiger partial charge in [0.15, 0.2) is 0 Å². The average Bonchev–Trinajstić information content (AvgIpc) is 2.61. The van der Waals surface area contributed by atoms with E-state index in [9.17, 15) is 31.5 Å². The third-order valence-corrected chi connectivity index (χ3v) is 3.77. The van der Waals surface area contributed by atoms with Gasteiger partial charge in [-0.25, -0.2) is 18.4 Å². The van der Waals surface area contributed by atoms with Crippen LogP contribution in [0.2, 0.25) is 0 Å². The van der Waals surface area contributed by atoms with Gasteiger partial charge in [0.05, 0.1) is 18.8 Å². The smallest absolute Gasteiger partial charge is 0.431 e. The van der Waals surface area contributed by atoms with Crippen LogP contribution in [0.3, 0.4) is 0 Å². The SMILES string of the molecule is C=C(C)C(=O)OCCCCOc1ccc(C(=O)OC(C(C)(F)F)C(F)(F)F)cc1C. The molecule has 0 aromatic heterocycles. The molecule has 1 aromatic rings. The van der Waals surface area contributed by atoms with Crippen LogP contribution in [-0.4, -0.2) is 43.4 Å². The second-order valence-corrected chi connectivity index (χ2v) is 6.74. The summed E-state index contributed by atoms with van der Waals surface area (Å²) in [5.74, 6) is -5.93. The number of hydrogen-bond donors (Lipinski definition) is 0. The molecule has 0 radical (unpaired) electrons. The van der Waals surface area contributed by atoms with E-state index < -0.39 is 30.1 Å². The largest absolute Gasteiger partial charge is 0.493 e. The molecule has 0 N–H and O–H groups in total. The van der Waals surface area contributed by atoms with Gasteiger partial charge in [-0.2, -0.15) is 13.2 Å². The number of ether oxygens (including phenoxy) is 3. The lowest BCUT2D eigenvalue weighted by Crippen LogP contribution is -2.46. The van der Waals surface area contributed by atoms with E-state index >= 15 is 0 Å². The summed E-state index contributed by atoms with van der Waals surface area (Å²) in [6, 6.07) is 3.65. The third-order valence-electron chi connectivity index (χ3n) is 3.77. The number of esters is 2. The third kappa shape index (κ3) is 8.00. The van der Waals surface area contributed by atoms with Crippen molar-refractivity contribution in [1.29, 1.82) is 0 Å². The first-order valence-corrected chi connectivity index (χ1v) is 8.95. The number of unbranched alkanes of at least 4 members (excludes halogenated alkanes) is 1. The minimum atomic E-state index is -5.41. The molecule has 0 aliphatic heterocycles. The van der Waals surface area contributed by atoms with E-state index in [-0.39, 0.29) is 25.7 Å². The summed E-state index contributed by atoms with van der Waals surface area (Å²) in [5.41, 5.74) is 0.389. The summed E-state index contributed by atoms with van der Waals surface area (Å²) >= 11 is 0. The first-order chi connectivity index (χ1) is 13.7. The van der Waals surface area contributed by atoms with Crippen LogP contribution in [-0.2, 0) is 14.3 Å². The molecule has 0 aliphatic rings. The zero-order valence-corrected chi connectivity index (χ0v) is 16.8. The predicted molar refractivity (Wildman–Crippen MR) is 97.6 cm³/mol. The standard InChI is InChI=1S/C20H23F5O5/c1-12(2)16(26)29-10-6-5-9-28-15-8-7-14(11-13(15)3)17(27)30-18(19(4,21)22)20(23,24)25/h7-8,11,18H,1,5-6,9-10H2,2-4H3. The summed E-state index contributed by atoms with van der Waals surface area (Å²) in [5, 5.41) is 0. The summed E-state index contributed by atoms with van der Waals surface area (Å²) in [4.78, 5) is 23.1. The zero-order chi connectivity index (χ0) is 23.1. The van der Waals surface area contributed by atoms with Crippen molar-refractivity contribution < 1.29 is 45.8 Å². The van der Waals surface area contributed by atoms with E-state index in [0.29, 0.717) is 29.7 Å². The van der Waals surface area contributed by atoms with Crippen molar-refractivity contribution in [2.24, 2.45) is 0 Å². The Morgan fingerprint density at radius 1 is 1.10 bits per heavy atom. The molecule has 5 nitrogen and oxygen atoms in total. The second-order valence-electron chi connectivity index (χ2n) is 6.74. The predicted octanol–water partition coefficient (Wildman–Crippen LogP) is 5.02. The summed E-state index contributed by atoms with van der Waals surface area (Å²) in [7, 11) is 0. The van der Waals surface area contributed by atoms with Gasteiger partial charge in [0.1, 0.15) is 5.75 Å². The van der Waals surface area contributed by atoms with Gasteiger partial charge in [-0.05, 0) is 50.5 Å². The molecule has 0 spiro atoms. The maximum Gasteiger partial charge on any atom is 0.431 e. The second kappa shape index (κ2) is 10.4. The van der Waals surface area contributed by atoms with Gasteiger partial charge in [0.2, 0.25) is 0 Å². The molecule has 0 aliphatic carbocycles. The van der Waals surface area contributed by atoms with Crippen molar-refractivity contribution in [3.63, 3.8) is 0 Å². The van der Waals surface area contributed by atoms with Gasteiger partial charge >= 0.3 is 18.1 Å². The number of hydrogen-bond acceptors (Lipinski definition) is 5.